The summed E-state index contributed by atoms with van der Waals surface area (Å²) in [5.74, 6) is 0.657. The van der Waals surface area contributed by atoms with E-state index in [-0.39, 0.29) is 0 Å². The van der Waals surface area contributed by atoms with Gasteiger partial charge in [0.2, 0.25) is 0 Å². The van der Waals surface area contributed by atoms with Crippen LogP contribution in [-0.2, 0) is 6.54 Å². The summed E-state index contributed by atoms with van der Waals surface area (Å²) < 4.78 is 0. The Balaban J connectivity index is 1.64. The van der Waals surface area contributed by atoms with Crippen molar-refractivity contribution in [3.63, 3.8) is 0 Å². The average molecular weight is 469 g/mol. The summed E-state index contributed by atoms with van der Waals surface area (Å²) >= 11 is 0. The first-order chi connectivity index (χ1) is 17.7. The van der Waals surface area contributed by atoms with Gasteiger partial charge in [-0.15, -0.1) is 0 Å². The Labute approximate surface area is 215 Å². The van der Waals surface area contributed by atoms with Crippen LogP contribution in [0.25, 0.3) is 27.8 Å². The third-order valence-corrected chi connectivity index (χ3v) is 6.16. The summed E-state index contributed by atoms with van der Waals surface area (Å²) in [5, 5.41) is 0. The van der Waals surface area contributed by atoms with Gasteiger partial charge >= 0.3 is 0 Å². The van der Waals surface area contributed by atoms with Gasteiger partial charge in [0.1, 0.15) is 0 Å². The maximum Gasteiger partial charge on any atom is 0.154 e. The van der Waals surface area contributed by atoms with Crippen molar-refractivity contribution in [3.05, 3.63) is 138 Å². The Hall–Kier alpha value is -4.30. The number of aliphatic imine (C=N–C) groups is 2. The van der Waals surface area contributed by atoms with Crippen LogP contribution in [0.4, 0.5) is 0 Å². The molecular formula is C34H32N2. The van der Waals surface area contributed by atoms with Crippen molar-refractivity contribution in [1.82, 2.24) is 0 Å². The van der Waals surface area contributed by atoms with Gasteiger partial charge in [-0.1, -0.05) is 110 Å². The van der Waals surface area contributed by atoms with E-state index in [2.05, 4.69) is 116 Å². The van der Waals surface area contributed by atoms with Crippen molar-refractivity contribution in [2.24, 2.45) is 9.98 Å². The molecule has 0 saturated carbocycles. The molecule has 0 unspecified atom stereocenters. The van der Waals surface area contributed by atoms with Crippen LogP contribution in [0.1, 0.15) is 37.0 Å². The van der Waals surface area contributed by atoms with Crippen LogP contribution in [0.15, 0.2) is 131 Å². The molecule has 4 aromatic carbocycles. The van der Waals surface area contributed by atoms with Crippen molar-refractivity contribution < 1.29 is 0 Å². The van der Waals surface area contributed by atoms with Crippen LogP contribution in [0.5, 0.6) is 0 Å². The van der Waals surface area contributed by atoms with Gasteiger partial charge in [-0.05, 0) is 77.2 Å². The average Bonchev–Trinajstić information content (AvgIpc) is 2.95. The monoisotopic (exact) mass is 468 g/mol. The topological polar surface area (TPSA) is 24.7 Å². The summed E-state index contributed by atoms with van der Waals surface area (Å²) in [6.45, 7) is 8.59. The zero-order valence-electron chi connectivity index (χ0n) is 21.1. The molecule has 0 saturated heterocycles. The maximum atomic E-state index is 4.72. The summed E-state index contributed by atoms with van der Waals surface area (Å²) in [5.41, 5.74) is 9.40. The second-order valence-electron chi connectivity index (χ2n) is 8.60. The van der Waals surface area contributed by atoms with E-state index in [0.717, 1.165) is 28.7 Å². The van der Waals surface area contributed by atoms with E-state index < -0.39 is 0 Å². The molecule has 2 heteroatoms. The Bertz CT molecular complexity index is 1410. The summed E-state index contributed by atoms with van der Waals surface area (Å²) in [7, 11) is 0. The minimum Gasteiger partial charge on any atom is -0.261 e. The van der Waals surface area contributed by atoms with Gasteiger partial charge in [-0.2, -0.15) is 0 Å². The summed E-state index contributed by atoms with van der Waals surface area (Å²) in [6, 6.07) is 36.1. The van der Waals surface area contributed by atoms with E-state index in [0.29, 0.717) is 12.4 Å². The van der Waals surface area contributed by atoms with Crippen LogP contribution in [0.3, 0.4) is 0 Å². The van der Waals surface area contributed by atoms with Gasteiger partial charge in [0.05, 0.1) is 6.54 Å². The summed E-state index contributed by atoms with van der Waals surface area (Å²) in [4.78, 5) is 8.93. The Morgan fingerprint density at radius 1 is 0.722 bits per heavy atom. The lowest BCUT2D eigenvalue weighted by Crippen LogP contribution is -1.98. The summed E-state index contributed by atoms with van der Waals surface area (Å²) in [6.07, 6.45) is 7.36. The van der Waals surface area contributed by atoms with E-state index >= 15 is 0 Å². The number of allylic oxidation sites excluding steroid dienone is 4. The highest BCUT2D eigenvalue weighted by molar-refractivity contribution is 6.02. The standard InChI is InChI=1S/C34H32N2/c1-4-6-15-27(5-2)28-16-10-17-29(22-28)30-18-11-19-31(23-30)32-20-12-21-33(24-32)34(35-3)36-25-26-13-8-7-9-14-26/h4,6-24H,3,5,25H2,1-2H3/b6-4-,27-15+,36-34?. The molecule has 0 aliphatic rings. The minimum atomic E-state index is 0.577. The Morgan fingerprint density at radius 2 is 1.31 bits per heavy atom. The van der Waals surface area contributed by atoms with Crippen LogP contribution in [-0.4, -0.2) is 12.6 Å². The molecule has 4 rings (SSSR count). The number of hydrogen-bond acceptors (Lipinski definition) is 1. The molecule has 0 heterocycles. The van der Waals surface area contributed by atoms with Gasteiger partial charge in [-0.25, -0.2) is 4.99 Å². The fraction of sp³-hybridized carbons (Fsp3) is 0.118. The van der Waals surface area contributed by atoms with Gasteiger partial charge in [0, 0.05) is 5.56 Å². The van der Waals surface area contributed by atoms with E-state index in [1.807, 2.05) is 31.2 Å². The Morgan fingerprint density at radius 3 is 1.92 bits per heavy atom. The highest BCUT2D eigenvalue weighted by Crippen LogP contribution is 2.29. The van der Waals surface area contributed by atoms with Gasteiger partial charge in [0.15, 0.2) is 5.84 Å². The number of amidine groups is 1. The molecule has 178 valence electrons. The number of hydrogen-bond donors (Lipinski definition) is 0. The third-order valence-electron chi connectivity index (χ3n) is 6.16. The lowest BCUT2D eigenvalue weighted by atomic mass is 9.95. The predicted octanol–water partition coefficient (Wildman–Crippen LogP) is 9.04. The van der Waals surface area contributed by atoms with Gasteiger partial charge < -0.3 is 0 Å². The molecule has 2 nitrogen and oxygen atoms in total. The Kier molecular flexibility index (Phi) is 8.56. The normalized spacial score (nSPS) is 12.2. The molecule has 0 atom stereocenters. The molecule has 4 aromatic rings. The van der Waals surface area contributed by atoms with Crippen LogP contribution >= 0.6 is 0 Å². The SMILES string of the molecule is C=NC(=NCc1ccccc1)c1cccc(-c2cccc(-c3cccc(/C(=C/C=C\C)CC)c3)c2)c1. The lowest BCUT2D eigenvalue weighted by molar-refractivity contribution is 1.06. The fourth-order valence-corrected chi connectivity index (χ4v) is 4.23. The van der Waals surface area contributed by atoms with Crippen molar-refractivity contribution in [2.45, 2.75) is 26.8 Å². The second kappa shape index (κ2) is 12.4. The number of nitrogens with zero attached hydrogens (tertiary/aromatic N) is 2. The third kappa shape index (κ3) is 6.22. The van der Waals surface area contributed by atoms with E-state index in [9.17, 15) is 0 Å². The molecule has 0 spiro atoms. The largest absolute Gasteiger partial charge is 0.261 e. The molecule has 0 aliphatic heterocycles. The molecule has 0 aliphatic carbocycles. The number of rotatable bonds is 8. The zero-order valence-corrected chi connectivity index (χ0v) is 21.1. The fourth-order valence-electron chi connectivity index (χ4n) is 4.23. The highest BCUT2D eigenvalue weighted by atomic mass is 14.9. The molecular weight excluding hydrogens is 436 g/mol. The smallest absolute Gasteiger partial charge is 0.154 e. The molecule has 0 N–H and O–H groups in total. The van der Waals surface area contributed by atoms with Crippen LogP contribution < -0.4 is 0 Å². The minimum absolute atomic E-state index is 0.577. The molecule has 0 fully saturated rings. The molecule has 36 heavy (non-hydrogen) atoms. The molecule has 0 radical (unpaired) electrons. The van der Waals surface area contributed by atoms with Crippen molar-refractivity contribution in [1.29, 1.82) is 0 Å². The number of benzene rings is 4. The maximum absolute atomic E-state index is 4.72. The zero-order chi connectivity index (χ0) is 25.2. The highest BCUT2D eigenvalue weighted by Gasteiger charge is 2.07. The van der Waals surface area contributed by atoms with E-state index in [1.165, 1.54) is 22.3 Å². The quantitative estimate of drug-likeness (QED) is 0.140. The first-order valence-corrected chi connectivity index (χ1v) is 12.4. The van der Waals surface area contributed by atoms with Gasteiger partial charge in [0.25, 0.3) is 0 Å². The predicted molar refractivity (Wildman–Crippen MR) is 157 cm³/mol. The van der Waals surface area contributed by atoms with Crippen molar-refractivity contribution in [2.75, 3.05) is 0 Å². The van der Waals surface area contributed by atoms with Gasteiger partial charge in [-0.3, -0.25) is 4.99 Å². The van der Waals surface area contributed by atoms with Crippen molar-refractivity contribution >= 4 is 18.1 Å². The first-order valence-electron chi connectivity index (χ1n) is 12.4. The van der Waals surface area contributed by atoms with Crippen molar-refractivity contribution in [3.8, 4) is 22.3 Å². The molecule has 0 amide bonds. The molecule has 0 aromatic heterocycles. The first kappa shape index (κ1) is 24.8. The van der Waals surface area contributed by atoms with Crippen LogP contribution in [0.2, 0.25) is 0 Å². The second-order valence-corrected chi connectivity index (χ2v) is 8.60. The van der Waals surface area contributed by atoms with Crippen LogP contribution in [0, 0.1) is 0 Å². The molecule has 0 bridgehead atoms. The lowest BCUT2D eigenvalue weighted by Gasteiger charge is -2.10. The van der Waals surface area contributed by atoms with E-state index in [1.54, 1.807) is 0 Å². The van der Waals surface area contributed by atoms with E-state index in [4.69, 9.17) is 4.99 Å².